The van der Waals surface area contributed by atoms with Gasteiger partial charge in [0.1, 0.15) is 0 Å². The van der Waals surface area contributed by atoms with Gasteiger partial charge in [0.25, 0.3) is 0 Å². The fourth-order valence-corrected chi connectivity index (χ4v) is 18.9. The van der Waals surface area contributed by atoms with E-state index in [0.717, 1.165) is 5.75 Å². The van der Waals surface area contributed by atoms with E-state index in [1.54, 1.807) is 10.7 Å². The van der Waals surface area contributed by atoms with Crippen molar-refractivity contribution in [2.75, 3.05) is 7.11 Å². The van der Waals surface area contributed by atoms with E-state index in [-0.39, 0.29) is 0 Å². The summed E-state index contributed by atoms with van der Waals surface area (Å²) in [4.78, 5) is 4.47. The molecule has 0 aliphatic rings. The normalized spacial score (nSPS) is 11.6. The van der Waals surface area contributed by atoms with Crippen molar-refractivity contribution < 1.29 is 4.74 Å². The molecule has 0 unspecified atom stereocenters. The average Bonchev–Trinajstić information content (AvgIpc) is 2.54. The van der Waals surface area contributed by atoms with Crippen LogP contribution >= 0.6 is 0 Å². The summed E-state index contributed by atoms with van der Waals surface area (Å²) in [5.41, 5.74) is 0. The SMILES string of the molecule is CCC[CH2][Sn]([CH2]CCC)([CH2]CCC)[c]1cncc(OC)c1. The van der Waals surface area contributed by atoms with Crippen molar-refractivity contribution >= 4 is 22.0 Å². The first-order chi connectivity index (χ1) is 10.2. The third-order valence-electron chi connectivity index (χ3n) is 4.59. The van der Waals surface area contributed by atoms with Gasteiger partial charge in [0.2, 0.25) is 0 Å². The monoisotopic (exact) mass is 399 g/mol. The molecule has 0 aliphatic carbocycles. The molecule has 120 valence electrons. The van der Waals surface area contributed by atoms with Crippen LogP contribution in [0.3, 0.4) is 0 Å². The maximum atomic E-state index is 5.43. The second kappa shape index (κ2) is 10.5. The van der Waals surface area contributed by atoms with E-state index < -0.39 is 18.4 Å². The topological polar surface area (TPSA) is 22.1 Å². The number of aromatic nitrogens is 1. The first-order valence-corrected chi connectivity index (χ1v) is 16.2. The summed E-state index contributed by atoms with van der Waals surface area (Å²) >= 11 is -2.31. The van der Waals surface area contributed by atoms with Crippen molar-refractivity contribution in [1.29, 1.82) is 0 Å². The summed E-state index contributed by atoms with van der Waals surface area (Å²) in [6, 6.07) is 2.31. The Kier molecular flexibility index (Phi) is 9.37. The third-order valence-corrected chi connectivity index (χ3v) is 20.1. The molecule has 3 heteroatoms. The molecular formula is C18H33NOSn. The third kappa shape index (κ3) is 5.80. The van der Waals surface area contributed by atoms with Gasteiger partial charge < -0.3 is 0 Å². The van der Waals surface area contributed by atoms with Gasteiger partial charge in [0, 0.05) is 0 Å². The summed E-state index contributed by atoms with van der Waals surface area (Å²) in [6.07, 6.45) is 12.1. The van der Waals surface area contributed by atoms with Crippen molar-refractivity contribution in [3.63, 3.8) is 0 Å². The quantitative estimate of drug-likeness (QED) is 0.482. The first-order valence-electron chi connectivity index (χ1n) is 8.72. The molecule has 1 aromatic rings. The Labute approximate surface area is 135 Å². The van der Waals surface area contributed by atoms with E-state index in [9.17, 15) is 0 Å². The second-order valence-electron chi connectivity index (χ2n) is 6.20. The van der Waals surface area contributed by atoms with E-state index in [0.29, 0.717) is 0 Å². The summed E-state index contributed by atoms with van der Waals surface area (Å²) in [6.45, 7) is 6.96. The Balaban J connectivity index is 3.09. The van der Waals surface area contributed by atoms with Crippen LogP contribution in [-0.4, -0.2) is 30.5 Å². The van der Waals surface area contributed by atoms with Crippen LogP contribution in [0.5, 0.6) is 5.75 Å². The van der Waals surface area contributed by atoms with Crippen molar-refractivity contribution in [3.05, 3.63) is 18.5 Å². The zero-order chi connectivity index (χ0) is 15.6. The van der Waals surface area contributed by atoms with Crippen LogP contribution in [0.1, 0.15) is 59.3 Å². The molecule has 0 saturated heterocycles. The van der Waals surface area contributed by atoms with Gasteiger partial charge in [-0.2, -0.15) is 0 Å². The Morgan fingerprint density at radius 2 is 1.43 bits per heavy atom. The number of ether oxygens (including phenoxy) is 1. The molecule has 1 aromatic heterocycles. The van der Waals surface area contributed by atoms with Crippen LogP contribution < -0.4 is 8.32 Å². The van der Waals surface area contributed by atoms with Gasteiger partial charge in [0.05, 0.1) is 0 Å². The minimum absolute atomic E-state index is 0.943. The number of hydrogen-bond acceptors (Lipinski definition) is 2. The molecule has 0 aromatic carbocycles. The molecule has 1 heterocycles. The van der Waals surface area contributed by atoms with Gasteiger partial charge in [-0.3, -0.25) is 0 Å². The van der Waals surface area contributed by atoms with Crippen molar-refractivity contribution in [2.24, 2.45) is 0 Å². The van der Waals surface area contributed by atoms with Gasteiger partial charge in [-0.05, 0) is 0 Å². The van der Waals surface area contributed by atoms with Crippen LogP contribution in [0.4, 0.5) is 0 Å². The van der Waals surface area contributed by atoms with Gasteiger partial charge in [-0.15, -0.1) is 0 Å². The van der Waals surface area contributed by atoms with E-state index in [1.165, 1.54) is 51.8 Å². The van der Waals surface area contributed by atoms with Crippen LogP contribution in [0.15, 0.2) is 18.5 Å². The van der Waals surface area contributed by atoms with Gasteiger partial charge >= 0.3 is 136 Å². The zero-order valence-corrected chi connectivity index (χ0v) is 17.3. The van der Waals surface area contributed by atoms with E-state index in [2.05, 4.69) is 38.0 Å². The summed E-state index contributed by atoms with van der Waals surface area (Å²) in [5, 5.41) is 0. The Bertz CT molecular complexity index is 373. The molecule has 2 nitrogen and oxygen atoms in total. The first kappa shape index (κ1) is 18.8. The summed E-state index contributed by atoms with van der Waals surface area (Å²) < 4.78 is 11.5. The second-order valence-corrected chi connectivity index (χ2v) is 19.4. The van der Waals surface area contributed by atoms with Gasteiger partial charge in [0.15, 0.2) is 0 Å². The molecule has 0 aliphatic heterocycles. The fraction of sp³-hybridized carbons (Fsp3) is 0.722. The number of methoxy groups -OCH3 is 1. The van der Waals surface area contributed by atoms with Crippen LogP contribution in [-0.2, 0) is 0 Å². The van der Waals surface area contributed by atoms with Gasteiger partial charge in [-0.25, -0.2) is 0 Å². The number of rotatable bonds is 11. The van der Waals surface area contributed by atoms with Gasteiger partial charge in [-0.1, -0.05) is 0 Å². The molecule has 0 saturated carbocycles. The van der Waals surface area contributed by atoms with Crippen molar-refractivity contribution in [2.45, 2.75) is 72.6 Å². The molecule has 0 atom stereocenters. The predicted molar refractivity (Wildman–Crippen MR) is 95.3 cm³/mol. The number of pyridine rings is 1. The number of hydrogen-bond donors (Lipinski definition) is 0. The van der Waals surface area contributed by atoms with Crippen LogP contribution in [0, 0.1) is 0 Å². The molecule has 0 radical (unpaired) electrons. The molecule has 0 amide bonds. The molecule has 0 N–H and O–H groups in total. The summed E-state index contributed by atoms with van der Waals surface area (Å²) in [7, 11) is 1.75. The number of nitrogens with zero attached hydrogens (tertiary/aromatic N) is 1. The molecule has 0 fully saturated rings. The average molecular weight is 398 g/mol. The number of unbranched alkanes of at least 4 members (excludes halogenated alkanes) is 3. The molecular weight excluding hydrogens is 365 g/mol. The Morgan fingerprint density at radius 1 is 0.905 bits per heavy atom. The minimum atomic E-state index is -2.31. The fourth-order valence-electron chi connectivity index (χ4n) is 3.17. The molecule has 21 heavy (non-hydrogen) atoms. The van der Waals surface area contributed by atoms with Crippen LogP contribution in [0.25, 0.3) is 0 Å². The molecule has 0 bridgehead atoms. The standard InChI is InChI=1S/C6H6NO.3C4H9.Sn/c1-8-6-3-2-4-7-5-6;3*1-3-4-2;/h3-5H,1H3;3*1,3-4H2,2H3;. The zero-order valence-electron chi connectivity index (χ0n) is 14.5. The predicted octanol–water partition coefficient (Wildman–Crippen LogP) is 5.15. The maximum absolute atomic E-state index is 5.43. The van der Waals surface area contributed by atoms with E-state index in [1.807, 2.05) is 6.20 Å². The Morgan fingerprint density at radius 3 is 1.86 bits per heavy atom. The molecule has 1 rings (SSSR count). The van der Waals surface area contributed by atoms with Crippen LogP contribution in [0.2, 0.25) is 13.3 Å². The molecule has 0 spiro atoms. The van der Waals surface area contributed by atoms with Crippen molar-refractivity contribution in [1.82, 2.24) is 4.98 Å². The summed E-state index contributed by atoms with van der Waals surface area (Å²) in [5.74, 6) is 0.943. The van der Waals surface area contributed by atoms with E-state index in [4.69, 9.17) is 4.74 Å². The van der Waals surface area contributed by atoms with E-state index >= 15 is 0 Å². The van der Waals surface area contributed by atoms with Crippen molar-refractivity contribution in [3.8, 4) is 5.75 Å². The Hall–Kier alpha value is -0.251.